The summed E-state index contributed by atoms with van der Waals surface area (Å²) in [5.41, 5.74) is 0.842. The van der Waals surface area contributed by atoms with E-state index >= 15 is 0 Å². The Labute approximate surface area is 122 Å². The van der Waals surface area contributed by atoms with Crippen molar-refractivity contribution in [3.63, 3.8) is 0 Å². The van der Waals surface area contributed by atoms with Crippen LogP contribution >= 0.6 is 0 Å². The molecule has 3 aromatic rings. The molecule has 0 radical (unpaired) electrons. The number of nitrogens with zero attached hydrogens (tertiary/aromatic N) is 1. The molecular formula is C18H14FNO. The number of benzene rings is 3. The van der Waals surface area contributed by atoms with Crippen LogP contribution in [-0.2, 0) is 0 Å². The van der Waals surface area contributed by atoms with Gasteiger partial charge >= 0.3 is 0 Å². The van der Waals surface area contributed by atoms with Crippen molar-refractivity contribution in [2.75, 3.05) is 11.9 Å². The Morgan fingerprint density at radius 2 is 1.57 bits per heavy atom. The summed E-state index contributed by atoms with van der Waals surface area (Å²) in [5, 5.41) is 1.48. The second-order valence-electron chi connectivity index (χ2n) is 4.84. The van der Waals surface area contributed by atoms with Crippen LogP contribution < -0.4 is 4.90 Å². The minimum Gasteiger partial charge on any atom is -0.311 e. The average molecular weight is 279 g/mol. The molecule has 0 heterocycles. The smallest absolute Gasteiger partial charge is 0.261 e. The number of anilines is 1. The van der Waals surface area contributed by atoms with E-state index in [1.807, 2.05) is 42.5 Å². The normalized spacial score (nSPS) is 10.6. The number of carbonyl (C=O) groups is 1. The fourth-order valence-corrected chi connectivity index (χ4v) is 2.40. The van der Waals surface area contributed by atoms with Gasteiger partial charge in [0.2, 0.25) is 0 Å². The SMILES string of the molecule is CN(C(=O)c1c(F)ccc2ccccc12)c1ccccc1. The van der Waals surface area contributed by atoms with Gasteiger partial charge in [0.1, 0.15) is 5.82 Å². The zero-order valence-electron chi connectivity index (χ0n) is 11.6. The first-order valence-electron chi connectivity index (χ1n) is 6.69. The number of hydrogen-bond acceptors (Lipinski definition) is 1. The Kier molecular flexibility index (Phi) is 3.40. The summed E-state index contributed by atoms with van der Waals surface area (Å²) in [7, 11) is 1.65. The molecule has 0 saturated heterocycles. The van der Waals surface area contributed by atoms with Crippen molar-refractivity contribution in [1.29, 1.82) is 0 Å². The fraction of sp³-hybridized carbons (Fsp3) is 0.0556. The lowest BCUT2D eigenvalue weighted by Crippen LogP contribution is -2.27. The van der Waals surface area contributed by atoms with Crippen molar-refractivity contribution in [2.24, 2.45) is 0 Å². The molecule has 0 aliphatic carbocycles. The summed E-state index contributed by atoms with van der Waals surface area (Å²) in [4.78, 5) is 14.1. The maximum absolute atomic E-state index is 14.2. The molecule has 3 aromatic carbocycles. The van der Waals surface area contributed by atoms with E-state index in [1.54, 1.807) is 25.2 Å². The van der Waals surface area contributed by atoms with Gasteiger partial charge in [-0.15, -0.1) is 0 Å². The minimum atomic E-state index is -0.499. The number of fused-ring (bicyclic) bond motifs is 1. The zero-order valence-corrected chi connectivity index (χ0v) is 11.6. The van der Waals surface area contributed by atoms with Crippen molar-refractivity contribution >= 4 is 22.4 Å². The third kappa shape index (κ3) is 2.38. The van der Waals surface area contributed by atoms with Crippen LogP contribution in [-0.4, -0.2) is 13.0 Å². The summed E-state index contributed by atoms with van der Waals surface area (Å²) in [6.45, 7) is 0. The Bertz CT molecular complexity index is 799. The molecule has 104 valence electrons. The highest BCUT2D eigenvalue weighted by molar-refractivity contribution is 6.14. The van der Waals surface area contributed by atoms with Gasteiger partial charge in [0.15, 0.2) is 0 Å². The lowest BCUT2D eigenvalue weighted by atomic mass is 10.0. The van der Waals surface area contributed by atoms with Crippen molar-refractivity contribution < 1.29 is 9.18 Å². The van der Waals surface area contributed by atoms with E-state index in [1.165, 1.54) is 11.0 Å². The van der Waals surface area contributed by atoms with Gasteiger partial charge in [-0.05, 0) is 29.0 Å². The van der Waals surface area contributed by atoms with Crippen LogP contribution in [0.3, 0.4) is 0 Å². The first kappa shape index (κ1) is 13.3. The van der Waals surface area contributed by atoms with Crippen molar-refractivity contribution in [2.45, 2.75) is 0 Å². The molecule has 21 heavy (non-hydrogen) atoms. The van der Waals surface area contributed by atoms with Crippen LogP contribution in [0.5, 0.6) is 0 Å². The molecule has 3 rings (SSSR count). The zero-order chi connectivity index (χ0) is 14.8. The Hall–Kier alpha value is -2.68. The van der Waals surface area contributed by atoms with Crippen LogP contribution in [0.2, 0.25) is 0 Å². The maximum Gasteiger partial charge on any atom is 0.261 e. The molecule has 0 aliphatic heterocycles. The van der Waals surface area contributed by atoms with E-state index in [9.17, 15) is 9.18 Å². The predicted molar refractivity (Wildman–Crippen MR) is 83.1 cm³/mol. The quantitative estimate of drug-likeness (QED) is 0.686. The van der Waals surface area contributed by atoms with E-state index in [0.717, 1.165) is 11.1 Å². The van der Waals surface area contributed by atoms with Crippen LogP contribution in [0, 0.1) is 5.82 Å². The second kappa shape index (κ2) is 5.37. The summed E-state index contributed by atoms with van der Waals surface area (Å²) in [5.74, 6) is -0.850. The average Bonchev–Trinajstić information content (AvgIpc) is 2.54. The first-order valence-corrected chi connectivity index (χ1v) is 6.69. The van der Waals surface area contributed by atoms with Gasteiger partial charge in [0.25, 0.3) is 5.91 Å². The van der Waals surface area contributed by atoms with E-state index in [0.29, 0.717) is 5.39 Å². The second-order valence-corrected chi connectivity index (χ2v) is 4.84. The largest absolute Gasteiger partial charge is 0.311 e. The van der Waals surface area contributed by atoms with Crippen molar-refractivity contribution in [3.8, 4) is 0 Å². The highest BCUT2D eigenvalue weighted by atomic mass is 19.1. The molecule has 1 amide bonds. The standard InChI is InChI=1S/C18H14FNO/c1-20(14-8-3-2-4-9-14)18(21)17-15-10-6-5-7-13(15)11-12-16(17)19/h2-12H,1H3. The van der Waals surface area contributed by atoms with Gasteiger partial charge in [-0.2, -0.15) is 0 Å². The highest BCUT2D eigenvalue weighted by Gasteiger charge is 2.20. The van der Waals surface area contributed by atoms with Gasteiger partial charge in [0.05, 0.1) is 5.56 Å². The number of para-hydroxylation sites is 1. The number of hydrogen-bond donors (Lipinski definition) is 0. The van der Waals surface area contributed by atoms with Gasteiger partial charge in [-0.25, -0.2) is 4.39 Å². The van der Waals surface area contributed by atoms with E-state index in [4.69, 9.17) is 0 Å². The maximum atomic E-state index is 14.2. The first-order chi connectivity index (χ1) is 10.2. The number of rotatable bonds is 2. The summed E-state index contributed by atoms with van der Waals surface area (Å²) in [6.07, 6.45) is 0. The molecule has 0 bridgehead atoms. The molecule has 0 saturated carbocycles. The topological polar surface area (TPSA) is 20.3 Å². The molecule has 0 aromatic heterocycles. The summed E-state index contributed by atoms with van der Waals surface area (Å²) < 4.78 is 14.2. The molecule has 3 heteroatoms. The lowest BCUT2D eigenvalue weighted by molar-refractivity contribution is 0.0991. The fourth-order valence-electron chi connectivity index (χ4n) is 2.40. The molecule has 0 atom stereocenters. The molecule has 0 N–H and O–H groups in total. The third-order valence-electron chi connectivity index (χ3n) is 3.54. The Morgan fingerprint density at radius 1 is 0.905 bits per heavy atom. The lowest BCUT2D eigenvalue weighted by Gasteiger charge is -2.18. The van der Waals surface area contributed by atoms with Crippen molar-refractivity contribution in [1.82, 2.24) is 0 Å². The third-order valence-corrected chi connectivity index (χ3v) is 3.54. The minimum absolute atomic E-state index is 0.111. The summed E-state index contributed by atoms with van der Waals surface area (Å²) in [6, 6.07) is 19.5. The van der Waals surface area contributed by atoms with Gasteiger partial charge < -0.3 is 4.90 Å². The predicted octanol–water partition coefficient (Wildman–Crippen LogP) is 4.26. The van der Waals surface area contributed by atoms with Gasteiger partial charge in [-0.3, -0.25) is 4.79 Å². The molecule has 0 spiro atoms. The Balaban J connectivity index is 2.12. The van der Waals surface area contributed by atoms with Crippen molar-refractivity contribution in [3.05, 3.63) is 78.1 Å². The van der Waals surface area contributed by atoms with E-state index in [-0.39, 0.29) is 11.5 Å². The highest BCUT2D eigenvalue weighted by Crippen LogP contribution is 2.24. The van der Waals surface area contributed by atoms with Gasteiger partial charge in [-0.1, -0.05) is 48.5 Å². The number of halogens is 1. The van der Waals surface area contributed by atoms with Crippen LogP contribution in [0.4, 0.5) is 10.1 Å². The van der Waals surface area contributed by atoms with Gasteiger partial charge in [0, 0.05) is 12.7 Å². The molecule has 0 unspecified atom stereocenters. The molecule has 0 aliphatic rings. The number of carbonyl (C=O) groups excluding carboxylic acids is 1. The summed E-state index contributed by atoms with van der Waals surface area (Å²) >= 11 is 0. The van der Waals surface area contributed by atoms with Crippen LogP contribution in [0.15, 0.2) is 66.7 Å². The molecule has 0 fully saturated rings. The van der Waals surface area contributed by atoms with Crippen LogP contribution in [0.1, 0.15) is 10.4 Å². The molecule has 2 nitrogen and oxygen atoms in total. The molecular weight excluding hydrogens is 265 g/mol. The van der Waals surface area contributed by atoms with Crippen LogP contribution in [0.25, 0.3) is 10.8 Å². The Morgan fingerprint density at radius 3 is 2.33 bits per heavy atom. The van der Waals surface area contributed by atoms with E-state index < -0.39 is 5.82 Å². The van der Waals surface area contributed by atoms with E-state index in [2.05, 4.69) is 0 Å². The number of amides is 1. The monoisotopic (exact) mass is 279 g/mol.